The minimum atomic E-state index is -0.909. The quantitative estimate of drug-likeness (QED) is 0.801. The summed E-state index contributed by atoms with van der Waals surface area (Å²) in [6, 6.07) is 7.48. The summed E-state index contributed by atoms with van der Waals surface area (Å²) in [5.74, 6) is -0.0272. The highest BCUT2D eigenvalue weighted by Crippen LogP contribution is 2.30. The molecule has 78 valence electrons. The predicted octanol–water partition coefficient (Wildman–Crippen LogP) is 1.11. The number of amides is 1. The van der Waals surface area contributed by atoms with Crippen LogP contribution in [0.25, 0.3) is 0 Å². The van der Waals surface area contributed by atoms with Crippen molar-refractivity contribution in [3.63, 3.8) is 0 Å². The van der Waals surface area contributed by atoms with Gasteiger partial charge in [-0.25, -0.2) is 4.99 Å². The van der Waals surface area contributed by atoms with Crippen molar-refractivity contribution in [3.8, 4) is 0 Å². The van der Waals surface area contributed by atoms with Gasteiger partial charge in [0.25, 0.3) is 5.91 Å². The monoisotopic (exact) mass is 267 g/mol. The van der Waals surface area contributed by atoms with Crippen molar-refractivity contribution in [2.24, 2.45) is 10.7 Å². The highest BCUT2D eigenvalue weighted by Gasteiger charge is 2.40. The predicted molar refractivity (Wildman–Crippen MR) is 61.3 cm³/mol. The smallest absolute Gasteiger partial charge is 0.259 e. The fraction of sp³-hybridized carbons (Fsp3) is 0.200. The number of guanidine groups is 1. The fourth-order valence-corrected chi connectivity index (χ4v) is 1.94. The lowest BCUT2D eigenvalue weighted by Gasteiger charge is -2.17. The molecule has 1 aromatic carbocycles. The van der Waals surface area contributed by atoms with Crippen LogP contribution in [-0.2, 0) is 10.3 Å². The zero-order valence-corrected chi connectivity index (χ0v) is 9.71. The standard InChI is InChI=1S/C10H10BrN3O/c1-10(8(15)13-9(12)14-10)6-3-2-4-7(11)5-6/h2-5H,1H3,(H3,12,13,14,15). The van der Waals surface area contributed by atoms with Crippen LogP contribution in [0.4, 0.5) is 0 Å². The minimum absolute atomic E-state index is 0.169. The lowest BCUT2D eigenvalue weighted by molar-refractivity contribution is -0.123. The van der Waals surface area contributed by atoms with Crippen molar-refractivity contribution in [1.29, 1.82) is 0 Å². The third kappa shape index (κ3) is 1.63. The lowest BCUT2D eigenvalue weighted by Crippen LogP contribution is -2.37. The molecule has 1 aromatic rings. The number of carbonyl (C=O) groups is 1. The molecular formula is C10H10BrN3O. The van der Waals surface area contributed by atoms with E-state index in [9.17, 15) is 4.79 Å². The summed E-state index contributed by atoms with van der Waals surface area (Å²) in [6.07, 6.45) is 0. The Labute approximate surface area is 95.7 Å². The average molecular weight is 268 g/mol. The Morgan fingerprint density at radius 1 is 1.53 bits per heavy atom. The van der Waals surface area contributed by atoms with E-state index < -0.39 is 5.54 Å². The number of aliphatic imine (C=N–C) groups is 1. The fourth-order valence-electron chi connectivity index (χ4n) is 1.54. The van der Waals surface area contributed by atoms with E-state index >= 15 is 0 Å². The molecule has 1 amide bonds. The van der Waals surface area contributed by atoms with Gasteiger partial charge in [-0.1, -0.05) is 28.1 Å². The highest BCUT2D eigenvalue weighted by atomic mass is 79.9. The number of nitrogens with one attached hydrogen (secondary N) is 1. The Bertz CT molecular complexity index is 458. The summed E-state index contributed by atoms with van der Waals surface area (Å²) in [4.78, 5) is 15.8. The van der Waals surface area contributed by atoms with E-state index in [2.05, 4.69) is 26.2 Å². The molecule has 15 heavy (non-hydrogen) atoms. The van der Waals surface area contributed by atoms with Crippen molar-refractivity contribution < 1.29 is 4.79 Å². The van der Waals surface area contributed by atoms with Gasteiger partial charge in [0.05, 0.1) is 0 Å². The van der Waals surface area contributed by atoms with E-state index in [1.165, 1.54) is 0 Å². The van der Waals surface area contributed by atoms with Gasteiger partial charge in [0.2, 0.25) is 0 Å². The van der Waals surface area contributed by atoms with E-state index in [1.54, 1.807) is 6.92 Å². The van der Waals surface area contributed by atoms with Crippen molar-refractivity contribution in [1.82, 2.24) is 5.32 Å². The Hall–Kier alpha value is -1.36. The molecule has 2 rings (SSSR count). The van der Waals surface area contributed by atoms with Crippen LogP contribution in [0.1, 0.15) is 12.5 Å². The molecule has 4 nitrogen and oxygen atoms in total. The van der Waals surface area contributed by atoms with Gasteiger partial charge in [-0.3, -0.25) is 10.1 Å². The maximum Gasteiger partial charge on any atom is 0.259 e. The molecule has 0 aromatic heterocycles. The third-order valence-corrected chi connectivity index (χ3v) is 2.91. The molecule has 1 aliphatic rings. The first kappa shape index (κ1) is 10.2. The first-order valence-electron chi connectivity index (χ1n) is 4.45. The largest absolute Gasteiger partial charge is 0.370 e. The number of halogens is 1. The van der Waals surface area contributed by atoms with Gasteiger partial charge in [0, 0.05) is 4.47 Å². The summed E-state index contributed by atoms with van der Waals surface area (Å²) in [6.45, 7) is 1.74. The molecule has 0 spiro atoms. The van der Waals surface area contributed by atoms with E-state index in [0.29, 0.717) is 0 Å². The zero-order valence-electron chi connectivity index (χ0n) is 8.12. The van der Waals surface area contributed by atoms with Gasteiger partial charge in [0.15, 0.2) is 11.5 Å². The van der Waals surface area contributed by atoms with Gasteiger partial charge < -0.3 is 5.73 Å². The molecule has 1 atom stereocenters. The second kappa shape index (κ2) is 3.34. The number of hydrogen-bond donors (Lipinski definition) is 2. The molecule has 0 aliphatic carbocycles. The van der Waals surface area contributed by atoms with Gasteiger partial charge in [-0.15, -0.1) is 0 Å². The van der Waals surface area contributed by atoms with Crippen LogP contribution < -0.4 is 11.1 Å². The van der Waals surface area contributed by atoms with Crippen molar-refractivity contribution >= 4 is 27.8 Å². The van der Waals surface area contributed by atoms with Gasteiger partial charge in [0.1, 0.15) is 0 Å². The first-order chi connectivity index (χ1) is 7.02. The van der Waals surface area contributed by atoms with Crippen LogP contribution in [0.5, 0.6) is 0 Å². The Kier molecular flexibility index (Phi) is 2.26. The summed E-state index contributed by atoms with van der Waals surface area (Å²) >= 11 is 3.36. The van der Waals surface area contributed by atoms with E-state index in [0.717, 1.165) is 10.0 Å². The number of nitrogens with zero attached hydrogens (tertiary/aromatic N) is 1. The molecule has 0 bridgehead atoms. The molecule has 0 saturated carbocycles. The molecule has 3 N–H and O–H groups in total. The molecule has 0 saturated heterocycles. The van der Waals surface area contributed by atoms with E-state index in [-0.39, 0.29) is 11.9 Å². The van der Waals surface area contributed by atoms with E-state index in [1.807, 2.05) is 24.3 Å². The van der Waals surface area contributed by atoms with E-state index in [4.69, 9.17) is 5.73 Å². The van der Waals surface area contributed by atoms with Crippen molar-refractivity contribution in [3.05, 3.63) is 34.3 Å². The minimum Gasteiger partial charge on any atom is -0.370 e. The Morgan fingerprint density at radius 2 is 2.27 bits per heavy atom. The van der Waals surface area contributed by atoms with Crippen LogP contribution in [0.15, 0.2) is 33.7 Å². The SMILES string of the molecule is CC1(c2cccc(Br)c2)N=C(N)NC1=O. The molecule has 1 heterocycles. The highest BCUT2D eigenvalue weighted by molar-refractivity contribution is 9.10. The molecular weight excluding hydrogens is 258 g/mol. The number of hydrogen-bond acceptors (Lipinski definition) is 3. The maximum atomic E-state index is 11.7. The number of benzene rings is 1. The van der Waals surface area contributed by atoms with Crippen LogP contribution in [0.3, 0.4) is 0 Å². The molecule has 5 heteroatoms. The number of carbonyl (C=O) groups excluding carboxylic acids is 1. The lowest BCUT2D eigenvalue weighted by atomic mass is 9.93. The van der Waals surface area contributed by atoms with Crippen LogP contribution >= 0.6 is 15.9 Å². The summed E-state index contributed by atoms with van der Waals surface area (Å²) in [5.41, 5.74) is 5.39. The third-order valence-electron chi connectivity index (χ3n) is 2.41. The average Bonchev–Trinajstić information content (AvgIpc) is 2.42. The Morgan fingerprint density at radius 3 is 2.80 bits per heavy atom. The van der Waals surface area contributed by atoms with Crippen molar-refractivity contribution in [2.75, 3.05) is 0 Å². The topological polar surface area (TPSA) is 67.5 Å². The Balaban J connectivity index is 2.50. The molecule has 0 fully saturated rings. The molecule has 1 unspecified atom stereocenters. The normalized spacial score (nSPS) is 24.9. The molecule has 1 aliphatic heterocycles. The number of nitrogens with two attached hydrogens (primary N) is 1. The molecule has 0 radical (unpaired) electrons. The van der Waals surface area contributed by atoms with Crippen LogP contribution in [-0.4, -0.2) is 11.9 Å². The second-order valence-corrected chi connectivity index (χ2v) is 4.45. The van der Waals surface area contributed by atoms with Crippen LogP contribution in [0, 0.1) is 0 Å². The van der Waals surface area contributed by atoms with Gasteiger partial charge in [-0.05, 0) is 24.6 Å². The van der Waals surface area contributed by atoms with Gasteiger partial charge >= 0.3 is 0 Å². The first-order valence-corrected chi connectivity index (χ1v) is 5.24. The zero-order chi connectivity index (χ0) is 11.1. The van der Waals surface area contributed by atoms with Crippen molar-refractivity contribution in [2.45, 2.75) is 12.5 Å². The second-order valence-electron chi connectivity index (χ2n) is 3.53. The van der Waals surface area contributed by atoms with Gasteiger partial charge in [-0.2, -0.15) is 0 Å². The number of rotatable bonds is 1. The van der Waals surface area contributed by atoms with Crippen LogP contribution in [0.2, 0.25) is 0 Å². The maximum absolute atomic E-state index is 11.7. The summed E-state index contributed by atoms with van der Waals surface area (Å²) < 4.78 is 0.912. The summed E-state index contributed by atoms with van der Waals surface area (Å²) in [7, 11) is 0. The summed E-state index contributed by atoms with van der Waals surface area (Å²) in [5, 5.41) is 2.50.